The van der Waals surface area contributed by atoms with E-state index >= 15 is 0 Å². The van der Waals surface area contributed by atoms with Gasteiger partial charge < -0.3 is 10.1 Å². The summed E-state index contributed by atoms with van der Waals surface area (Å²) in [4.78, 5) is 14.1. The number of nitrogens with zero attached hydrogens (tertiary/aromatic N) is 2. The zero-order valence-electron chi connectivity index (χ0n) is 14.5. The molecule has 0 aliphatic carbocycles. The molecule has 0 bridgehead atoms. The van der Waals surface area contributed by atoms with Crippen molar-refractivity contribution in [3.05, 3.63) is 0 Å². The number of hydrogen-bond donors (Lipinski definition) is 2. The number of carbonyl (C=O) groups is 1. The molecule has 0 aromatic heterocycles. The Kier molecular flexibility index (Phi) is 4.97. The first-order valence-electron chi connectivity index (χ1n) is 7.88. The van der Waals surface area contributed by atoms with Crippen LogP contribution in [-0.2, 0) is 14.9 Å². The van der Waals surface area contributed by atoms with Crippen LogP contribution in [-0.4, -0.2) is 73.6 Å². The van der Waals surface area contributed by atoms with E-state index < -0.39 is 27.4 Å². The standard InChI is InChI=1S/C14H28N4O4S/c1-13(2,3)22-12(19)16-14(4,5)10-17-6-7-18-11(9-17)8-15-23(18,20)21/h11,15H,6-10H2,1-5H3,(H,16,19). The fourth-order valence-corrected chi connectivity index (χ4v) is 4.42. The lowest BCUT2D eigenvalue weighted by molar-refractivity contribution is 0.0429. The van der Waals surface area contributed by atoms with Gasteiger partial charge in [-0.2, -0.15) is 12.7 Å². The van der Waals surface area contributed by atoms with Gasteiger partial charge in [0, 0.05) is 32.7 Å². The molecule has 0 radical (unpaired) electrons. The molecule has 1 unspecified atom stereocenters. The molecular weight excluding hydrogens is 320 g/mol. The predicted molar refractivity (Wildman–Crippen MR) is 87.3 cm³/mol. The molecule has 2 rings (SSSR count). The first kappa shape index (κ1) is 18.4. The van der Waals surface area contributed by atoms with Crippen LogP contribution >= 0.6 is 0 Å². The summed E-state index contributed by atoms with van der Waals surface area (Å²) in [5, 5.41) is 2.89. The second-order valence-electron chi connectivity index (χ2n) is 7.86. The van der Waals surface area contributed by atoms with Crippen LogP contribution in [0.3, 0.4) is 0 Å². The minimum atomic E-state index is -3.29. The Hall–Kier alpha value is -0.900. The zero-order valence-corrected chi connectivity index (χ0v) is 15.4. The molecule has 0 saturated carbocycles. The second-order valence-corrected chi connectivity index (χ2v) is 9.57. The van der Waals surface area contributed by atoms with Crippen LogP contribution in [0.15, 0.2) is 0 Å². The number of amides is 1. The highest BCUT2D eigenvalue weighted by molar-refractivity contribution is 7.87. The summed E-state index contributed by atoms with van der Waals surface area (Å²) in [5.41, 5.74) is -0.995. The molecule has 8 nitrogen and oxygen atoms in total. The summed E-state index contributed by atoms with van der Waals surface area (Å²) in [6, 6.07) is -0.0360. The molecule has 2 saturated heterocycles. The molecule has 1 amide bonds. The van der Waals surface area contributed by atoms with Crippen molar-refractivity contribution in [3.63, 3.8) is 0 Å². The van der Waals surface area contributed by atoms with Gasteiger partial charge >= 0.3 is 6.09 Å². The van der Waals surface area contributed by atoms with Crippen molar-refractivity contribution in [1.82, 2.24) is 19.2 Å². The van der Waals surface area contributed by atoms with Gasteiger partial charge in [0.25, 0.3) is 10.2 Å². The Bertz CT molecular complexity index is 556. The van der Waals surface area contributed by atoms with E-state index in [-0.39, 0.29) is 6.04 Å². The maximum absolute atomic E-state index is 11.9. The average Bonchev–Trinajstić information content (AvgIpc) is 2.60. The summed E-state index contributed by atoms with van der Waals surface area (Å²) in [6.07, 6.45) is -0.439. The lowest BCUT2D eigenvalue weighted by Crippen LogP contribution is -2.58. The van der Waals surface area contributed by atoms with Crippen molar-refractivity contribution < 1.29 is 17.9 Å². The van der Waals surface area contributed by atoms with E-state index in [2.05, 4.69) is 14.9 Å². The van der Waals surface area contributed by atoms with E-state index in [4.69, 9.17) is 4.74 Å². The maximum Gasteiger partial charge on any atom is 0.408 e. The summed E-state index contributed by atoms with van der Waals surface area (Å²) in [7, 11) is -3.29. The lowest BCUT2D eigenvalue weighted by Gasteiger charge is -2.39. The third-order valence-corrected chi connectivity index (χ3v) is 5.41. The van der Waals surface area contributed by atoms with Crippen LogP contribution < -0.4 is 10.0 Å². The summed E-state index contributed by atoms with van der Waals surface area (Å²) in [6.45, 7) is 12.2. The molecular formula is C14H28N4O4S. The van der Waals surface area contributed by atoms with Crippen molar-refractivity contribution >= 4 is 16.3 Å². The number of nitrogens with one attached hydrogen (secondary N) is 2. The van der Waals surface area contributed by atoms with Gasteiger partial charge in [-0.05, 0) is 34.6 Å². The third kappa shape index (κ3) is 5.03. The Morgan fingerprint density at radius 3 is 2.52 bits per heavy atom. The van der Waals surface area contributed by atoms with Crippen molar-refractivity contribution in [2.45, 2.75) is 51.8 Å². The molecule has 0 spiro atoms. The molecule has 23 heavy (non-hydrogen) atoms. The van der Waals surface area contributed by atoms with Gasteiger partial charge in [-0.15, -0.1) is 0 Å². The van der Waals surface area contributed by atoms with Gasteiger partial charge in [0.15, 0.2) is 0 Å². The van der Waals surface area contributed by atoms with E-state index in [1.807, 2.05) is 34.6 Å². The number of ether oxygens (including phenoxy) is 1. The molecule has 134 valence electrons. The van der Waals surface area contributed by atoms with Gasteiger partial charge in [0.1, 0.15) is 5.60 Å². The monoisotopic (exact) mass is 348 g/mol. The van der Waals surface area contributed by atoms with Crippen LogP contribution in [0.5, 0.6) is 0 Å². The first-order valence-corrected chi connectivity index (χ1v) is 9.32. The van der Waals surface area contributed by atoms with Crippen molar-refractivity contribution in [3.8, 4) is 0 Å². The maximum atomic E-state index is 11.9. The average molecular weight is 348 g/mol. The van der Waals surface area contributed by atoms with Gasteiger partial charge in [0.2, 0.25) is 0 Å². The number of fused-ring (bicyclic) bond motifs is 1. The van der Waals surface area contributed by atoms with Crippen molar-refractivity contribution in [1.29, 1.82) is 0 Å². The third-order valence-electron chi connectivity index (χ3n) is 3.78. The highest BCUT2D eigenvalue weighted by Gasteiger charge is 2.41. The summed E-state index contributed by atoms with van der Waals surface area (Å²) in [5.74, 6) is 0. The number of piperazine rings is 1. The zero-order chi connectivity index (χ0) is 17.5. The van der Waals surface area contributed by atoms with Crippen LogP contribution in [0.2, 0.25) is 0 Å². The molecule has 2 aliphatic rings. The summed E-state index contributed by atoms with van der Waals surface area (Å²) < 4.78 is 33.0. The Morgan fingerprint density at radius 2 is 1.91 bits per heavy atom. The fraction of sp³-hybridized carbons (Fsp3) is 0.929. The normalized spacial score (nSPS) is 25.9. The van der Waals surface area contributed by atoms with E-state index in [1.165, 1.54) is 4.31 Å². The largest absolute Gasteiger partial charge is 0.444 e. The fourth-order valence-electron chi connectivity index (χ4n) is 2.99. The van der Waals surface area contributed by atoms with Crippen molar-refractivity contribution in [2.75, 3.05) is 32.7 Å². The minimum absolute atomic E-state index is 0.0360. The van der Waals surface area contributed by atoms with Crippen LogP contribution in [0.1, 0.15) is 34.6 Å². The number of rotatable bonds is 3. The molecule has 2 heterocycles. The molecule has 9 heteroatoms. The first-order chi connectivity index (χ1) is 10.4. The number of alkyl carbamates (subject to hydrolysis) is 1. The van der Waals surface area contributed by atoms with E-state index in [1.54, 1.807) is 0 Å². The molecule has 2 fully saturated rings. The molecule has 0 aromatic rings. The van der Waals surface area contributed by atoms with E-state index in [9.17, 15) is 13.2 Å². The van der Waals surface area contributed by atoms with Crippen molar-refractivity contribution in [2.24, 2.45) is 0 Å². The Balaban J connectivity index is 1.88. The topological polar surface area (TPSA) is 91.0 Å². The number of carbonyl (C=O) groups excluding carboxylic acids is 1. The van der Waals surface area contributed by atoms with Gasteiger partial charge in [0.05, 0.1) is 11.6 Å². The smallest absolute Gasteiger partial charge is 0.408 e. The highest BCUT2D eigenvalue weighted by Crippen LogP contribution is 2.20. The van der Waals surface area contributed by atoms with Crippen LogP contribution in [0, 0.1) is 0 Å². The SMILES string of the molecule is CC(C)(CN1CCN2C(CNS2(=O)=O)C1)NC(=O)OC(C)(C)C. The Labute approximate surface area is 138 Å². The Morgan fingerprint density at radius 1 is 1.26 bits per heavy atom. The number of hydrogen-bond acceptors (Lipinski definition) is 5. The molecule has 1 atom stereocenters. The van der Waals surface area contributed by atoms with Gasteiger partial charge in [-0.25, -0.2) is 9.52 Å². The minimum Gasteiger partial charge on any atom is -0.444 e. The highest BCUT2D eigenvalue weighted by atomic mass is 32.2. The molecule has 0 aromatic carbocycles. The second kappa shape index (κ2) is 6.19. The summed E-state index contributed by atoms with van der Waals surface area (Å²) >= 11 is 0. The van der Waals surface area contributed by atoms with E-state index in [0.29, 0.717) is 32.7 Å². The quantitative estimate of drug-likeness (QED) is 0.756. The predicted octanol–water partition coefficient (Wildman–Crippen LogP) is 0.124. The molecule has 2 aliphatic heterocycles. The van der Waals surface area contributed by atoms with Gasteiger partial charge in [-0.3, -0.25) is 4.90 Å². The molecule has 2 N–H and O–H groups in total. The van der Waals surface area contributed by atoms with Gasteiger partial charge in [-0.1, -0.05) is 0 Å². The lowest BCUT2D eigenvalue weighted by atomic mass is 10.0. The van der Waals surface area contributed by atoms with Crippen LogP contribution in [0.4, 0.5) is 4.79 Å². The van der Waals surface area contributed by atoms with E-state index in [0.717, 1.165) is 0 Å². The van der Waals surface area contributed by atoms with Crippen LogP contribution in [0.25, 0.3) is 0 Å².